The maximum Gasteiger partial charge on any atom is 0.184 e. The van der Waals surface area contributed by atoms with E-state index < -0.39 is 0 Å². The number of fused-ring (bicyclic) bond motifs is 1. The maximum absolute atomic E-state index is 12.3. The van der Waals surface area contributed by atoms with Gasteiger partial charge in [-0.3, -0.25) is 4.79 Å². The molecule has 0 amide bonds. The number of Topliss-reactive ketones (excluding diaryl/α,β-unsaturated/α-hetero) is 1. The number of para-hydroxylation sites is 1. The van der Waals surface area contributed by atoms with E-state index in [4.69, 9.17) is 23.2 Å². The number of hydrogen-bond acceptors (Lipinski definition) is 2. The molecule has 0 radical (unpaired) electrons. The van der Waals surface area contributed by atoms with E-state index in [-0.39, 0.29) is 12.3 Å². The van der Waals surface area contributed by atoms with Gasteiger partial charge in [-0.15, -0.1) is 11.3 Å². The molecule has 0 saturated heterocycles. The molecule has 0 spiro atoms. The zero-order valence-electron chi connectivity index (χ0n) is 10.7. The predicted molar refractivity (Wildman–Crippen MR) is 85.3 cm³/mol. The summed E-state index contributed by atoms with van der Waals surface area (Å²) < 4.78 is 2.94. The molecular weight excluding hydrogens is 313 g/mol. The number of aromatic nitrogens is 1. The van der Waals surface area contributed by atoms with Crippen molar-refractivity contribution in [2.75, 3.05) is 0 Å². The highest BCUT2D eigenvalue weighted by Gasteiger charge is 2.16. The van der Waals surface area contributed by atoms with Gasteiger partial charge in [0.2, 0.25) is 0 Å². The Morgan fingerprint density at radius 2 is 2.05 bits per heavy atom. The van der Waals surface area contributed by atoms with Gasteiger partial charge in [-0.1, -0.05) is 41.4 Å². The van der Waals surface area contributed by atoms with Crippen LogP contribution in [0.2, 0.25) is 8.67 Å². The molecule has 20 heavy (non-hydrogen) atoms. The summed E-state index contributed by atoms with van der Waals surface area (Å²) in [4.78, 5) is 12.3. The number of thiophene rings is 1. The molecule has 5 heteroatoms. The van der Waals surface area contributed by atoms with Gasteiger partial charge in [-0.2, -0.15) is 0 Å². The van der Waals surface area contributed by atoms with Crippen molar-refractivity contribution in [3.8, 4) is 0 Å². The standard InChI is InChI=1S/C15H11Cl2NOS/c1-9-7-18(12-5-3-2-4-10(9)12)8-13(19)11-6-14(16)20-15(11)17/h2-7H,8H2,1H3. The average molecular weight is 324 g/mol. The number of carbonyl (C=O) groups is 1. The molecule has 0 fully saturated rings. The van der Waals surface area contributed by atoms with Gasteiger partial charge in [0.05, 0.1) is 16.4 Å². The summed E-state index contributed by atoms with van der Waals surface area (Å²) >= 11 is 13.1. The number of hydrogen-bond donors (Lipinski definition) is 0. The number of carbonyl (C=O) groups excluding carboxylic acids is 1. The van der Waals surface area contributed by atoms with Crippen LogP contribution in [0.25, 0.3) is 10.9 Å². The third kappa shape index (κ3) is 2.37. The topological polar surface area (TPSA) is 22.0 Å². The lowest BCUT2D eigenvalue weighted by Crippen LogP contribution is -2.09. The van der Waals surface area contributed by atoms with Crippen LogP contribution in [0.1, 0.15) is 15.9 Å². The predicted octanol–water partition coefficient (Wildman–Crippen LogP) is 5.20. The Kier molecular flexibility index (Phi) is 3.59. The molecule has 0 aliphatic rings. The Balaban J connectivity index is 1.97. The third-order valence-corrected chi connectivity index (χ3v) is 4.75. The fraction of sp³-hybridized carbons (Fsp3) is 0.133. The minimum absolute atomic E-state index is 0.0288. The largest absolute Gasteiger partial charge is 0.339 e. The molecule has 2 heterocycles. The summed E-state index contributed by atoms with van der Waals surface area (Å²) in [5.41, 5.74) is 2.70. The van der Waals surface area contributed by atoms with Gasteiger partial charge < -0.3 is 4.57 Å². The minimum Gasteiger partial charge on any atom is -0.339 e. The lowest BCUT2D eigenvalue weighted by Gasteiger charge is -2.04. The Hall–Kier alpha value is -1.29. The molecule has 3 aromatic rings. The van der Waals surface area contributed by atoms with Crippen molar-refractivity contribution in [1.82, 2.24) is 4.57 Å². The van der Waals surface area contributed by atoms with Gasteiger partial charge in [0, 0.05) is 17.1 Å². The zero-order chi connectivity index (χ0) is 14.3. The SMILES string of the molecule is Cc1cn(CC(=O)c2cc(Cl)sc2Cl)c2ccccc12. The smallest absolute Gasteiger partial charge is 0.184 e. The first-order valence-electron chi connectivity index (χ1n) is 6.09. The molecule has 3 rings (SSSR count). The Morgan fingerprint density at radius 1 is 1.30 bits per heavy atom. The summed E-state index contributed by atoms with van der Waals surface area (Å²) in [6, 6.07) is 9.67. The number of ketones is 1. The zero-order valence-corrected chi connectivity index (χ0v) is 13.0. The van der Waals surface area contributed by atoms with E-state index in [2.05, 4.69) is 6.07 Å². The maximum atomic E-state index is 12.3. The fourth-order valence-corrected chi connectivity index (χ4v) is 3.83. The Labute approximate surface area is 130 Å². The van der Waals surface area contributed by atoms with E-state index in [0.29, 0.717) is 14.2 Å². The first-order valence-corrected chi connectivity index (χ1v) is 7.66. The van der Waals surface area contributed by atoms with Crippen molar-refractivity contribution in [3.05, 3.63) is 56.3 Å². The quantitative estimate of drug-likeness (QED) is 0.607. The number of benzene rings is 1. The van der Waals surface area contributed by atoms with Crippen molar-refractivity contribution < 1.29 is 4.79 Å². The molecule has 0 aliphatic heterocycles. The summed E-state index contributed by atoms with van der Waals surface area (Å²) in [5, 5.41) is 1.16. The monoisotopic (exact) mass is 323 g/mol. The molecule has 0 saturated carbocycles. The molecule has 2 nitrogen and oxygen atoms in total. The highest BCUT2D eigenvalue weighted by Crippen LogP contribution is 2.32. The summed E-state index contributed by atoms with van der Waals surface area (Å²) in [6.45, 7) is 2.30. The molecule has 0 N–H and O–H groups in total. The van der Waals surface area contributed by atoms with Crippen molar-refractivity contribution in [2.24, 2.45) is 0 Å². The van der Waals surface area contributed by atoms with Crippen LogP contribution in [-0.2, 0) is 6.54 Å². The molecule has 0 atom stereocenters. The molecule has 2 aromatic heterocycles. The Morgan fingerprint density at radius 3 is 2.75 bits per heavy atom. The average Bonchev–Trinajstić information content (AvgIpc) is 2.91. The van der Waals surface area contributed by atoms with Gasteiger partial charge in [-0.25, -0.2) is 0 Å². The first kappa shape index (κ1) is 13.7. The van der Waals surface area contributed by atoms with Crippen LogP contribution < -0.4 is 0 Å². The lowest BCUT2D eigenvalue weighted by molar-refractivity contribution is 0.0974. The molecule has 0 unspecified atom stereocenters. The van der Waals surface area contributed by atoms with Gasteiger partial charge >= 0.3 is 0 Å². The lowest BCUT2D eigenvalue weighted by atomic mass is 10.2. The van der Waals surface area contributed by atoms with Gasteiger partial charge in [0.15, 0.2) is 5.78 Å². The second kappa shape index (κ2) is 5.24. The molecule has 1 aromatic carbocycles. The fourth-order valence-electron chi connectivity index (χ4n) is 2.33. The second-order valence-corrected chi connectivity index (χ2v) is 6.90. The van der Waals surface area contributed by atoms with Crippen LogP contribution in [0.4, 0.5) is 0 Å². The van der Waals surface area contributed by atoms with Crippen molar-refractivity contribution in [3.63, 3.8) is 0 Å². The number of halogens is 2. The van der Waals surface area contributed by atoms with Crippen molar-refractivity contribution in [1.29, 1.82) is 0 Å². The van der Waals surface area contributed by atoms with Crippen LogP contribution in [0.5, 0.6) is 0 Å². The molecule has 0 aliphatic carbocycles. The highest BCUT2D eigenvalue weighted by molar-refractivity contribution is 7.20. The summed E-state index contributed by atoms with van der Waals surface area (Å²) in [6.07, 6.45) is 1.99. The van der Waals surface area contributed by atoms with E-state index in [1.165, 1.54) is 11.3 Å². The van der Waals surface area contributed by atoms with E-state index in [1.54, 1.807) is 6.07 Å². The third-order valence-electron chi connectivity index (χ3n) is 3.26. The van der Waals surface area contributed by atoms with Crippen molar-refractivity contribution >= 4 is 51.2 Å². The molecule has 102 valence electrons. The summed E-state index contributed by atoms with van der Waals surface area (Å²) in [7, 11) is 0. The Bertz CT molecular complexity index is 803. The van der Waals surface area contributed by atoms with Crippen molar-refractivity contribution in [2.45, 2.75) is 13.5 Å². The van der Waals surface area contributed by atoms with Crippen LogP contribution >= 0.6 is 34.5 Å². The summed E-state index contributed by atoms with van der Waals surface area (Å²) in [5.74, 6) is -0.0288. The molecule has 0 bridgehead atoms. The normalized spacial score (nSPS) is 11.2. The van der Waals surface area contributed by atoms with Gasteiger partial charge in [0.1, 0.15) is 4.34 Å². The number of aryl methyl sites for hydroxylation is 1. The van der Waals surface area contributed by atoms with Crippen LogP contribution in [0.3, 0.4) is 0 Å². The first-order chi connectivity index (χ1) is 9.56. The van der Waals surface area contributed by atoms with Crippen LogP contribution in [-0.4, -0.2) is 10.4 Å². The number of rotatable bonds is 3. The van der Waals surface area contributed by atoms with E-state index >= 15 is 0 Å². The van der Waals surface area contributed by atoms with Crippen LogP contribution in [0, 0.1) is 6.92 Å². The van der Waals surface area contributed by atoms with E-state index in [9.17, 15) is 4.79 Å². The van der Waals surface area contributed by atoms with Gasteiger partial charge in [-0.05, 0) is 24.6 Å². The molecular formula is C15H11Cl2NOS. The number of nitrogens with zero attached hydrogens (tertiary/aromatic N) is 1. The second-order valence-electron chi connectivity index (χ2n) is 4.62. The highest BCUT2D eigenvalue weighted by atomic mass is 35.5. The van der Waals surface area contributed by atoms with Crippen LogP contribution in [0.15, 0.2) is 36.5 Å². The van der Waals surface area contributed by atoms with E-state index in [0.717, 1.165) is 16.5 Å². The van der Waals surface area contributed by atoms with Gasteiger partial charge in [0.25, 0.3) is 0 Å². The minimum atomic E-state index is -0.0288. The van der Waals surface area contributed by atoms with E-state index in [1.807, 2.05) is 35.9 Å².